The van der Waals surface area contributed by atoms with Crippen molar-refractivity contribution in [2.75, 3.05) is 7.11 Å². The molecule has 1 rings (SSSR count). The highest BCUT2D eigenvalue weighted by Gasteiger charge is 2.34. The molecule has 0 aromatic carbocycles. The van der Waals surface area contributed by atoms with Crippen LogP contribution in [0, 0.1) is 0 Å². The maximum Gasteiger partial charge on any atom is 0.172 e. The monoisotopic (exact) mass is 159 g/mol. The molecule has 3 nitrogen and oxygen atoms in total. The van der Waals surface area contributed by atoms with Crippen molar-refractivity contribution in [1.29, 1.82) is 0 Å². The lowest BCUT2D eigenvalue weighted by molar-refractivity contribution is -0.131. The highest BCUT2D eigenvalue weighted by Crippen LogP contribution is 2.28. The molecule has 0 spiro atoms. The molecule has 3 heteroatoms. The van der Waals surface area contributed by atoms with Crippen molar-refractivity contribution in [3.8, 4) is 0 Å². The van der Waals surface area contributed by atoms with Gasteiger partial charge in [0.1, 0.15) is 0 Å². The summed E-state index contributed by atoms with van der Waals surface area (Å²) >= 11 is 0. The van der Waals surface area contributed by atoms with Crippen molar-refractivity contribution >= 4 is 0 Å². The van der Waals surface area contributed by atoms with E-state index in [-0.39, 0.29) is 0 Å². The maximum absolute atomic E-state index is 9.39. The summed E-state index contributed by atoms with van der Waals surface area (Å²) in [4.78, 5) is 0. The van der Waals surface area contributed by atoms with E-state index >= 15 is 0 Å². The summed E-state index contributed by atoms with van der Waals surface area (Å²) in [5, 5.41) is 9.39. The first-order valence-electron chi connectivity index (χ1n) is 4.19. The number of rotatable bonds is 2. The standard InChI is InChI=1S/C8H17NO2/c1-11-7(10)8(9)5-3-2-4-6-8/h7,10H,2-6,9H2,1H3. The van der Waals surface area contributed by atoms with Gasteiger partial charge in [-0.2, -0.15) is 0 Å². The number of hydrogen-bond donors (Lipinski definition) is 2. The molecule has 0 bridgehead atoms. The highest BCUT2D eigenvalue weighted by molar-refractivity contribution is 4.89. The number of aliphatic hydroxyl groups excluding tert-OH is 1. The third-order valence-corrected chi connectivity index (χ3v) is 2.50. The Bertz CT molecular complexity index is 121. The third kappa shape index (κ3) is 1.92. The van der Waals surface area contributed by atoms with Crippen molar-refractivity contribution in [2.45, 2.75) is 43.9 Å². The van der Waals surface area contributed by atoms with Crippen LogP contribution in [0.1, 0.15) is 32.1 Å². The van der Waals surface area contributed by atoms with E-state index in [1.54, 1.807) is 0 Å². The molecule has 66 valence electrons. The van der Waals surface area contributed by atoms with Gasteiger partial charge in [-0.3, -0.25) is 0 Å². The van der Waals surface area contributed by atoms with Crippen LogP contribution in [-0.2, 0) is 4.74 Å². The van der Waals surface area contributed by atoms with Crippen LogP contribution < -0.4 is 5.73 Å². The quantitative estimate of drug-likeness (QED) is 0.580. The van der Waals surface area contributed by atoms with Gasteiger partial charge in [-0.05, 0) is 12.8 Å². The normalized spacial score (nSPS) is 26.5. The van der Waals surface area contributed by atoms with Gasteiger partial charge in [-0.1, -0.05) is 19.3 Å². The summed E-state index contributed by atoms with van der Waals surface area (Å²) in [7, 11) is 1.49. The lowest BCUT2D eigenvalue weighted by Crippen LogP contribution is -2.52. The van der Waals surface area contributed by atoms with E-state index in [1.807, 2.05) is 0 Å². The van der Waals surface area contributed by atoms with E-state index in [2.05, 4.69) is 0 Å². The molecular weight excluding hydrogens is 142 g/mol. The molecule has 0 heterocycles. The number of methoxy groups -OCH3 is 1. The summed E-state index contributed by atoms with van der Waals surface area (Å²) in [6, 6.07) is 0. The zero-order chi connectivity index (χ0) is 8.32. The Labute approximate surface area is 67.5 Å². The average Bonchev–Trinajstić information content (AvgIpc) is 2.04. The topological polar surface area (TPSA) is 55.5 Å². The fraction of sp³-hybridized carbons (Fsp3) is 1.00. The minimum Gasteiger partial charge on any atom is -0.366 e. The van der Waals surface area contributed by atoms with Gasteiger partial charge >= 0.3 is 0 Å². The Morgan fingerprint density at radius 2 is 1.91 bits per heavy atom. The van der Waals surface area contributed by atoms with E-state index in [0.29, 0.717) is 0 Å². The molecule has 0 aliphatic heterocycles. The summed E-state index contributed by atoms with van der Waals surface area (Å²) < 4.78 is 4.82. The SMILES string of the molecule is COC(O)C1(N)CCCCC1. The van der Waals surface area contributed by atoms with Gasteiger partial charge < -0.3 is 15.6 Å². The van der Waals surface area contributed by atoms with Crippen molar-refractivity contribution in [3.63, 3.8) is 0 Å². The Morgan fingerprint density at radius 3 is 2.36 bits per heavy atom. The van der Waals surface area contributed by atoms with Crippen molar-refractivity contribution in [2.24, 2.45) is 5.73 Å². The van der Waals surface area contributed by atoms with Crippen LogP contribution in [0.3, 0.4) is 0 Å². The second-order valence-corrected chi connectivity index (χ2v) is 3.38. The molecule has 1 unspecified atom stereocenters. The molecule has 1 fully saturated rings. The lowest BCUT2D eigenvalue weighted by Gasteiger charge is -2.36. The minimum atomic E-state index is -0.789. The first-order valence-corrected chi connectivity index (χ1v) is 4.19. The molecule has 1 aliphatic rings. The van der Waals surface area contributed by atoms with E-state index < -0.39 is 11.8 Å². The summed E-state index contributed by atoms with van der Waals surface area (Å²) in [5.41, 5.74) is 5.46. The van der Waals surface area contributed by atoms with Gasteiger partial charge in [-0.25, -0.2) is 0 Å². The fourth-order valence-corrected chi connectivity index (χ4v) is 1.69. The number of hydrogen-bond acceptors (Lipinski definition) is 3. The smallest absolute Gasteiger partial charge is 0.172 e. The van der Waals surface area contributed by atoms with Crippen molar-refractivity contribution in [3.05, 3.63) is 0 Å². The van der Waals surface area contributed by atoms with Gasteiger partial charge in [0.2, 0.25) is 0 Å². The van der Waals surface area contributed by atoms with Crippen LogP contribution in [-0.4, -0.2) is 24.0 Å². The number of nitrogens with two attached hydrogens (primary N) is 1. The Kier molecular flexibility index (Phi) is 2.87. The number of aliphatic hydroxyl groups is 1. The van der Waals surface area contributed by atoms with Crippen LogP contribution >= 0.6 is 0 Å². The Morgan fingerprint density at radius 1 is 1.36 bits per heavy atom. The third-order valence-electron chi connectivity index (χ3n) is 2.50. The number of ether oxygens (including phenoxy) is 1. The van der Waals surface area contributed by atoms with E-state index in [0.717, 1.165) is 25.7 Å². The van der Waals surface area contributed by atoms with Gasteiger partial charge in [-0.15, -0.1) is 0 Å². The first kappa shape index (κ1) is 8.97. The van der Waals surface area contributed by atoms with Crippen LogP contribution in [0.5, 0.6) is 0 Å². The first-order chi connectivity index (χ1) is 5.19. The highest BCUT2D eigenvalue weighted by atomic mass is 16.6. The van der Waals surface area contributed by atoms with Crippen molar-refractivity contribution in [1.82, 2.24) is 0 Å². The lowest BCUT2D eigenvalue weighted by atomic mass is 9.82. The van der Waals surface area contributed by atoms with E-state index in [4.69, 9.17) is 10.5 Å². The summed E-state index contributed by atoms with van der Waals surface area (Å²) in [6.07, 6.45) is 4.41. The molecule has 0 saturated heterocycles. The molecule has 0 aromatic rings. The van der Waals surface area contributed by atoms with Crippen LogP contribution in [0.15, 0.2) is 0 Å². The van der Waals surface area contributed by atoms with Gasteiger partial charge in [0.05, 0.1) is 5.54 Å². The largest absolute Gasteiger partial charge is 0.366 e. The Balaban J connectivity index is 2.49. The van der Waals surface area contributed by atoms with Gasteiger partial charge in [0.15, 0.2) is 6.29 Å². The minimum absolute atomic E-state index is 0.479. The second-order valence-electron chi connectivity index (χ2n) is 3.38. The summed E-state index contributed by atoms with van der Waals surface area (Å²) in [5.74, 6) is 0. The molecular formula is C8H17NO2. The molecule has 1 saturated carbocycles. The van der Waals surface area contributed by atoms with Gasteiger partial charge in [0, 0.05) is 7.11 Å². The fourth-order valence-electron chi connectivity index (χ4n) is 1.69. The second kappa shape index (κ2) is 3.52. The van der Waals surface area contributed by atoms with E-state index in [1.165, 1.54) is 13.5 Å². The molecule has 3 N–H and O–H groups in total. The molecule has 1 aliphatic carbocycles. The Hall–Kier alpha value is -0.120. The molecule has 0 amide bonds. The zero-order valence-corrected chi connectivity index (χ0v) is 7.05. The van der Waals surface area contributed by atoms with Crippen LogP contribution in [0.25, 0.3) is 0 Å². The molecule has 0 radical (unpaired) electrons. The average molecular weight is 159 g/mol. The zero-order valence-electron chi connectivity index (χ0n) is 7.05. The van der Waals surface area contributed by atoms with Crippen molar-refractivity contribution < 1.29 is 9.84 Å². The molecule has 1 atom stereocenters. The molecule has 11 heavy (non-hydrogen) atoms. The van der Waals surface area contributed by atoms with E-state index in [9.17, 15) is 5.11 Å². The predicted molar refractivity (Wildman–Crippen MR) is 43.0 cm³/mol. The summed E-state index contributed by atoms with van der Waals surface area (Å²) in [6.45, 7) is 0. The van der Waals surface area contributed by atoms with Crippen LogP contribution in [0.4, 0.5) is 0 Å². The molecule has 0 aromatic heterocycles. The maximum atomic E-state index is 9.39. The van der Waals surface area contributed by atoms with Crippen LogP contribution in [0.2, 0.25) is 0 Å². The van der Waals surface area contributed by atoms with Gasteiger partial charge in [0.25, 0.3) is 0 Å². The predicted octanol–water partition coefficient (Wildman–Crippen LogP) is 0.613.